The average molecular weight is 158 g/mol. The second-order valence-corrected chi connectivity index (χ2v) is 3.38. The van der Waals surface area contributed by atoms with Gasteiger partial charge >= 0.3 is 0 Å². The third kappa shape index (κ3) is 1.17. The molecule has 1 aliphatic carbocycles. The van der Waals surface area contributed by atoms with Crippen molar-refractivity contribution in [1.82, 2.24) is 0 Å². The summed E-state index contributed by atoms with van der Waals surface area (Å²) in [5.74, 6) is 0.333. The molecule has 1 heterocycles. The summed E-state index contributed by atoms with van der Waals surface area (Å²) in [5.41, 5.74) is 0. The van der Waals surface area contributed by atoms with E-state index in [2.05, 4.69) is 0 Å². The minimum absolute atomic E-state index is 0.0695. The maximum atomic E-state index is 9.48. The van der Waals surface area contributed by atoms with Crippen LogP contribution in [0.25, 0.3) is 0 Å². The SMILES string of the molecule is COC1CC2C(O)CCC2O1. The van der Waals surface area contributed by atoms with Gasteiger partial charge in [0.25, 0.3) is 0 Å². The number of aliphatic hydroxyl groups excluding tert-OH is 1. The first-order chi connectivity index (χ1) is 5.31. The summed E-state index contributed by atoms with van der Waals surface area (Å²) in [6.45, 7) is 0. The molecular formula is C8H14O3. The fourth-order valence-electron chi connectivity index (χ4n) is 2.11. The number of fused-ring (bicyclic) bond motifs is 1. The van der Waals surface area contributed by atoms with Gasteiger partial charge in [0.2, 0.25) is 0 Å². The molecule has 0 bridgehead atoms. The monoisotopic (exact) mass is 158 g/mol. The second-order valence-electron chi connectivity index (χ2n) is 3.38. The maximum absolute atomic E-state index is 9.48. The molecule has 11 heavy (non-hydrogen) atoms. The minimum atomic E-state index is -0.153. The van der Waals surface area contributed by atoms with Gasteiger partial charge in [-0.05, 0) is 12.8 Å². The summed E-state index contributed by atoms with van der Waals surface area (Å²) in [6.07, 6.45) is 2.79. The van der Waals surface area contributed by atoms with Crippen molar-refractivity contribution in [3.05, 3.63) is 0 Å². The number of ether oxygens (including phenoxy) is 2. The van der Waals surface area contributed by atoms with Crippen LogP contribution < -0.4 is 0 Å². The van der Waals surface area contributed by atoms with Crippen LogP contribution in [0.15, 0.2) is 0 Å². The summed E-state index contributed by atoms with van der Waals surface area (Å²) < 4.78 is 10.6. The molecule has 3 nitrogen and oxygen atoms in total. The first-order valence-electron chi connectivity index (χ1n) is 4.17. The normalized spacial score (nSPS) is 49.6. The smallest absolute Gasteiger partial charge is 0.158 e. The number of aliphatic hydroxyl groups is 1. The number of hydrogen-bond donors (Lipinski definition) is 1. The molecule has 1 saturated heterocycles. The van der Waals surface area contributed by atoms with Crippen LogP contribution in [-0.2, 0) is 9.47 Å². The molecule has 2 rings (SSSR count). The Labute approximate surface area is 66.3 Å². The molecule has 3 heteroatoms. The van der Waals surface area contributed by atoms with E-state index >= 15 is 0 Å². The molecule has 1 N–H and O–H groups in total. The van der Waals surface area contributed by atoms with Gasteiger partial charge in [-0.3, -0.25) is 0 Å². The van der Waals surface area contributed by atoms with Crippen LogP contribution in [0.4, 0.5) is 0 Å². The minimum Gasteiger partial charge on any atom is -0.393 e. The molecule has 0 amide bonds. The highest BCUT2D eigenvalue weighted by Gasteiger charge is 2.43. The van der Waals surface area contributed by atoms with Crippen LogP contribution in [0.3, 0.4) is 0 Å². The second kappa shape index (κ2) is 2.73. The van der Waals surface area contributed by atoms with Crippen LogP contribution in [-0.4, -0.2) is 30.7 Å². The van der Waals surface area contributed by atoms with E-state index in [9.17, 15) is 5.11 Å². The Hall–Kier alpha value is -0.120. The Kier molecular flexibility index (Phi) is 1.87. The van der Waals surface area contributed by atoms with Gasteiger partial charge in [0.15, 0.2) is 6.29 Å². The summed E-state index contributed by atoms with van der Waals surface area (Å²) in [6, 6.07) is 0. The number of rotatable bonds is 1. The van der Waals surface area contributed by atoms with E-state index in [1.165, 1.54) is 0 Å². The van der Waals surface area contributed by atoms with Crippen molar-refractivity contribution in [1.29, 1.82) is 0 Å². The quantitative estimate of drug-likeness (QED) is 0.604. The molecule has 0 aromatic carbocycles. The molecule has 2 aliphatic rings. The molecule has 0 aromatic rings. The maximum Gasteiger partial charge on any atom is 0.158 e. The lowest BCUT2D eigenvalue weighted by molar-refractivity contribution is -0.114. The van der Waals surface area contributed by atoms with Crippen molar-refractivity contribution in [3.63, 3.8) is 0 Å². The van der Waals surface area contributed by atoms with E-state index in [0.29, 0.717) is 5.92 Å². The molecule has 0 radical (unpaired) electrons. The molecule has 0 spiro atoms. The van der Waals surface area contributed by atoms with Crippen molar-refractivity contribution in [2.75, 3.05) is 7.11 Å². The van der Waals surface area contributed by atoms with E-state index in [-0.39, 0.29) is 18.5 Å². The Morgan fingerprint density at radius 2 is 2.27 bits per heavy atom. The van der Waals surface area contributed by atoms with E-state index in [1.54, 1.807) is 7.11 Å². The van der Waals surface area contributed by atoms with Gasteiger partial charge in [-0.25, -0.2) is 0 Å². The molecule has 4 atom stereocenters. The molecule has 64 valence electrons. The van der Waals surface area contributed by atoms with Gasteiger partial charge in [-0.2, -0.15) is 0 Å². The molecule has 1 aliphatic heterocycles. The standard InChI is InChI=1S/C8H14O3/c1-10-8-4-5-6(9)2-3-7(5)11-8/h5-9H,2-4H2,1H3. The zero-order chi connectivity index (χ0) is 7.84. The van der Waals surface area contributed by atoms with E-state index in [4.69, 9.17) is 9.47 Å². The summed E-state index contributed by atoms with van der Waals surface area (Å²) >= 11 is 0. The average Bonchev–Trinajstić information content (AvgIpc) is 2.53. The van der Waals surface area contributed by atoms with Gasteiger partial charge in [0, 0.05) is 19.4 Å². The predicted octanol–water partition coefficient (Wildman–Crippen LogP) is 0.519. The Morgan fingerprint density at radius 3 is 2.91 bits per heavy atom. The highest BCUT2D eigenvalue weighted by Crippen LogP contribution is 2.39. The number of methoxy groups -OCH3 is 1. The molecule has 4 unspecified atom stereocenters. The highest BCUT2D eigenvalue weighted by atomic mass is 16.7. The molecule has 0 aromatic heterocycles. The van der Waals surface area contributed by atoms with Crippen molar-refractivity contribution in [3.8, 4) is 0 Å². The van der Waals surface area contributed by atoms with E-state index < -0.39 is 0 Å². The number of hydrogen-bond acceptors (Lipinski definition) is 3. The lowest BCUT2D eigenvalue weighted by Gasteiger charge is -2.09. The van der Waals surface area contributed by atoms with Gasteiger partial charge < -0.3 is 14.6 Å². The Balaban J connectivity index is 1.98. The molecular weight excluding hydrogens is 144 g/mol. The fraction of sp³-hybridized carbons (Fsp3) is 1.00. The fourth-order valence-corrected chi connectivity index (χ4v) is 2.11. The van der Waals surface area contributed by atoms with Crippen LogP contribution in [0.1, 0.15) is 19.3 Å². The van der Waals surface area contributed by atoms with Crippen molar-refractivity contribution >= 4 is 0 Å². The molecule has 1 saturated carbocycles. The lowest BCUT2D eigenvalue weighted by Crippen LogP contribution is -2.17. The zero-order valence-electron chi connectivity index (χ0n) is 6.69. The van der Waals surface area contributed by atoms with Crippen LogP contribution >= 0.6 is 0 Å². The lowest BCUT2D eigenvalue weighted by atomic mass is 10.0. The first kappa shape index (κ1) is 7.53. The van der Waals surface area contributed by atoms with Gasteiger partial charge in [0.1, 0.15) is 0 Å². The summed E-state index contributed by atoms with van der Waals surface area (Å²) in [7, 11) is 1.65. The molecule has 2 fully saturated rings. The summed E-state index contributed by atoms with van der Waals surface area (Å²) in [5, 5.41) is 9.48. The Bertz CT molecular complexity index is 148. The van der Waals surface area contributed by atoms with Crippen LogP contribution in [0.2, 0.25) is 0 Å². The van der Waals surface area contributed by atoms with Crippen LogP contribution in [0.5, 0.6) is 0 Å². The Morgan fingerprint density at radius 1 is 1.45 bits per heavy atom. The third-order valence-corrected chi connectivity index (χ3v) is 2.77. The van der Waals surface area contributed by atoms with Crippen molar-refractivity contribution < 1.29 is 14.6 Å². The van der Waals surface area contributed by atoms with Crippen molar-refractivity contribution in [2.24, 2.45) is 5.92 Å². The van der Waals surface area contributed by atoms with Crippen LogP contribution in [0, 0.1) is 5.92 Å². The van der Waals surface area contributed by atoms with Gasteiger partial charge in [-0.15, -0.1) is 0 Å². The van der Waals surface area contributed by atoms with Gasteiger partial charge in [0.05, 0.1) is 12.2 Å². The highest BCUT2D eigenvalue weighted by molar-refractivity contribution is 4.90. The van der Waals surface area contributed by atoms with Gasteiger partial charge in [-0.1, -0.05) is 0 Å². The van der Waals surface area contributed by atoms with E-state index in [1.807, 2.05) is 0 Å². The first-order valence-corrected chi connectivity index (χ1v) is 4.17. The zero-order valence-corrected chi connectivity index (χ0v) is 6.69. The summed E-state index contributed by atoms with van der Waals surface area (Å²) in [4.78, 5) is 0. The van der Waals surface area contributed by atoms with E-state index in [0.717, 1.165) is 19.3 Å². The predicted molar refractivity (Wildman–Crippen MR) is 39.0 cm³/mol. The topological polar surface area (TPSA) is 38.7 Å². The third-order valence-electron chi connectivity index (χ3n) is 2.77. The largest absolute Gasteiger partial charge is 0.393 e. The van der Waals surface area contributed by atoms with Crippen molar-refractivity contribution in [2.45, 2.75) is 37.8 Å².